The van der Waals surface area contributed by atoms with E-state index in [1.54, 1.807) is 0 Å². The maximum absolute atomic E-state index is 12.3. The molecule has 1 aromatic rings. The summed E-state index contributed by atoms with van der Waals surface area (Å²) >= 11 is 0. The highest BCUT2D eigenvalue weighted by Crippen LogP contribution is 2.52. The third kappa shape index (κ3) is 3.16. The Bertz CT molecular complexity index is 666. The summed E-state index contributed by atoms with van der Waals surface area (Å²) in [5, 5.41) is 5.58. The molecular weight excluding hydrogens is 304 g/mol. The summed E-state index contributed by atoms with van der Waals surface area (Å²) < 4.78 is 5.31. The average molecular weight is 328 g/mol. The molecule has 1 aliphatic carbocycles. The summed E-state index contributed by atoms with van der Waals surface area (Å²) in [6, 6.07) is 7.52. The molecule has 128 valence electrons. The highest BCUT2D eigenvalue weighted by molar-refractivity contribution is 5.89. The molecule has 1 aliphatic heterocycles. The first-order chi connectivity index (χ1) is 11.4. The number of ether oxygens (including phenoxy) is 1. The van der Waals surface area contributed by atoms with Gasteiger partial charge < -0.3 is 15.4 Å². The van der Waals surface area contributed by atoms with Crippen molar-refractivity contribution in [1.29, 1.82) is 0 Å². The van der Waals surface area contributed by atoms with Gasteiger partial charge in [-0.1, -0.05) is 24.3 Å². The van der Waals surface area contributed by atoms with Crippen molar-refractivity contribution >= 4 is 17.7 Å². The van der Waals surface area contributed by atoms with Gasteiger partial charge in [0.05, 0.1) is 12.0 Å². The highest BCUT2D eigenvalue weighted by Gasteiger charge is 2.55. The number of hydrogen-bond donors (Lipinski definition) is 2. The van der Waals surface area contributed by atoms with Crippen molar-refractivity contribution in [3.05, 3.63) is 42.0 Å². The fraction of sp³-hybridized carbons (Fsp3) is 0.474. The van der Waals surface area contributed by atoms with Crippen LogP contribution in [-0.2, 0) is 16.0 Å². The average Bonchev–Trinajstić information content (AvgIpc) is 2.96. The van der Waals surface area contributed by atoms with Crippen molar-refractivity contribution in [3.8, 4) is 0 Å². The third-order valence-corrected chi connectivity index (χ3v) is 4.86. The lowest BCUT2D eigenvalue weighted by Gasteiger charge is -2.24. The topological polar surface area (TPSA) is 67.4 Å². The zero-order valence-electron chi connectivity index (χ0n) is 14.2. The van der Waals surface area contributed by atoms with E-state index in [9.17, 15) is 9.59 Å². The second kappa shape index (κ2) is 6.30. The molecule has 1 saturated heterocycles. The standard InChI is InChI=1S/C19H24N2O3/c1-12(2)20-18(23)21-16-6-4-14(5-7-16)10-19-9-13(3)8-15(19)11-24-17(19)22/h4-7,12,15H,3,8-11H2,1-2H3,(H2,20,21,23). The second-order valence-electron chi connectivity index (χ2n) is 7.21. The number of rotatable bonds is 4. The molecule has 2 atom stereocenters. The molecule has 24 heavy (non-hydrogen) atoms. The zero-order chi connectivity index (χ0) is 17.3. The quantitative estimate of drug-likeness (QED) is 0.658. The highest BCUT2D eigenvalue weighted by atomic mass is 16.5. The Balaban J connectivity index is 1.69. The first-order valence-electron chi connectivity index (χ1n) is 8.39. The number of carbonyl (C=O) groups excluding carboxylic acids is 2. The number of urea groups is 1. The molecule has 2 aliphatic rings. The van der Waals surface area contributed by atoms with Crippen molar-refractivity contribution in [3.63, 3.8) is 0 Å². The molecule has 5 heteroatoms. The van der Waals surface area contributed by atoms with E-state index < -0.39 is 5.41 Å². The van der Waals surface area contributed by atoms with Crippen molar-refractivity contribution < 1.29 is 14.3 Å². The Kier molecular flexibility index (Phi) is 4.35. The minimum Gasteiger partial charge on any atom is -0.465 e. The van der Waals surface area contributed by atoms with Crippen molar-refractivity contribution in [2.24, 2.45) is 11.3 Å². The maximum Gasteiger partial charge on any atom is 0.319 e. The SMILES string of the molecule is C=C1CC2COC(=O)C2(Cc2ccc(NC(=O)NC(C)C)cc2)C1. The molecule has 2 unspecified atom stereocenters. The van der Waals surface area contributed by atoms with Gasteiger partial charge in [-0.15, -0.1) is 0 Å². The summed E-state index contributed by atoms with van der Waals surface area (Å²) in [6.45, 7) is 8.40. The Hall–Kier alpha value is -2.30. The van der Waals surface area contributed by atoms with Gasteiger partial charge >= 0.3 is 12.0 Å². The molecule has 1 saturated carbocycles. The molecule has 0 radical (unpaired) electrons. The fourth-order valence-electron chi connectivity index (χ4n) is 3.76. The van der Waals surface area contributed by atoms with Crippen LogP contribution in [0.5, 0.6) is 0 Å². The molecule has 2 N–H and O–H groups in total. The monoisotopic (exact) mass is 328 g/mol. The predicted molar refractivity (Wildman–Crippen MR) is 92.7 cm³/mol. The molecule has 5 nitrogen and oxygen atoms in total. The van der Waals surface area contributed by atoms with E-state index >= 15 is 0 Å². The van der Waals surface area contributed by atoms with Crippen LogP contribution in [0.2, 0.25) is 0 Å². The van der Waals surface area contributed by atoms with Crippen LogP contribution in [0.3, 0.4) is 0 Å². The molecule has 1 heterocycles. The summed E-state index contributed by atoms with van der Waals surface area (Å²) in [5.74, 6) is 0.150. The first kappa shape index (κ1) is 16.6. The lowest BCUT2D eigenvalue weighted by atomic mass is 9.75. The molecule has 2 fully saturated rings. The number of cyclic esters (lactones) is 1. The van der Waals surface area contributed by atoms with Crippen molar-refractivity contribution in [1.82, 2.24) is 5.32 Å². The number of hydrogen-bond acceptors (Lipinski definition) is 3. The van der Waals surface area contributed by atoms with Gasteiger partial charge in [0.15, 0.2) is 0 Å². The number of carbonyl (C=O) groups is 2. The van der Waals surface area contributed by atoms with Crippen molar-refractivity contribution in [2.75, 3.05) is 11.9 Å². The van der Waals surface area contributed by atoms with Crippen LogP contribution >= 0.6 is 0 Å². The van der Waals surface area contributed by atoms with Crippen LogP contribution in [0.1, 0.15) is 32.3 Å². The Labute approximate surface area is 142 Å². The smallest absolute Gasteiger partial charge is 0.319 e. The molecule has 3 rings (SSSR count). The number of allylic oxidation sites excluding steroid dienone is 1. The van der Waals surface area contributed by atoms with E-state index in [2.05, 4.69) is 17.2 Å². The predicted octanol–water partition coefficient (Wildman–Crippen LogP) is 3.27. The van der Waals surface area contributed by atoms with Gasteiger partial charge in [-0.2, -0.15) is 0 Å². The van der Waals surface area contributed by atoms with E-state index in [0.717, 1.165) is 23.2 Å². The summed E-state index contributed by atoms with van der Waals surface area (Å²) in [7, 11) is 0. The van der Waals surface area contributed by atoms with Crippen LogP contribution in [0.25, 0.3) is 0 Å². The van der Waals surface area contributed by atoms with E-state index in [-0.39, 0.29) is 24.0 Å². The molecule has 2 amide bonds. The van der Waals surface area contributed by atoms with Gasteiger partial charge in [-0.05, 0) is 50.8 Å². The first-order valence-corrected chi connectivity index (χ1v) is 8.39. The van der Waals surface area contributed by atoms with Crippen LogP contribution in [-0.4, -0.2) is 24.6 Å². The lowest BCUT2D eigenvalue weighted by molar-refractivity contribution is -0.146. The third-order valence-electron chi connectivity index (χ3n) is 4.86. The minimum atomic E-state index is -0.443. The summed E-state index contributed by atoms with van der Waals surface area (Å²) in [6.07, 6.45) is 2.25. The van der Waals surface area contributed by atoms with Crippen molar-refractivity contribution in [2.45, 2.75) is 39.2 Å². The molecule has 0 bridgehead atoms. The number of nitrogens with one attached hydrogen (secondary N) is 2. The van der Waals surface area contributed by atoms with Gasteiger partial charge in [0.1, 0.15) is 0 Å². The van der Waals surface area contributed by atoms with E-state index in [0.29, 0.717) is 19.4 Å². The van der Waals surface area contributed by atoms with Gasteiger partial charge in [0.25, 0.3) is 0 Å². The summed E-state index contributed by atoms with van der Waals surface area (Å²) in [4.78, 5) is 24.0. The number of amides is 2. The Morgan fingerprint density at radius 2 is 2.08 bits per heavy atom. The van der Waals surface area contributed by atoms with Gasteiger partial charge in [0.2, 0.25) is 0 Å². The second-order valence-corrected chi connectivity index (χ2v) is 7.21. The van der Waals surface area contributed by atoms with Crippen LogP contribution < -0.4 is 10.6 Å². The Morgan fingerprint density at radius 3 is 2.75 bits per heavy atom. The van der Waals surface area contributed by atoms with Gasteiger partial charge in [-0.25, -0.2) is 4.79 Å². The molecule has 0 aromatic heterocycles. The van der Waals surface area contributed by atoms with Crippen LogP contribution in [0.15, 0.2) is 36.4 Å². The Morgan fingerprint density at radius 1 is 1.38 bits per heavy atom. The largest absolute Gasteiger partial charge is 0.465 e. The fourth-order valence-corrected chi connectivity index (χ4v) is 3.76. The molecule has 1 aromatic carbocycles. The van der Waals surface area contributed by atoms with E-state index in [4.69, 9.17) is 4.74 Å². The van der Waals surface area contributed by atoms with E-state index in [1.165, 1.54) is 0 Å². The van der Waals surface area contributed by atoms with E-state index in [1.807, 2.05) is 38.1 Å². The zero-order valence-corrected chi connectivity index (χ0v) is 14.2. The minimum absolute atomic E-state index is 0.0872. The lowest BCUT2D eigenvalue weighted by Crippen LogP contribution is -2.34. The normalized spacial score (nSPS) is 25.5. The van der Waals surface area contributed by atoms with Gasteiger partial charge in [-0.3, -0.25) is 4.79 Å². The number of benzene rings is 1. The molecular formula is C19H24N2O3. The maximum atomic E-state index is 12.3. The summed E-state index contributed by atoms with van der Waals surface area (Å²) in [5.41, 5.74) is 2.50. The molecule has 0 spiro atoms. The van der Waals surface area contributed by atoms with Gasteiger partial charge in [0, 0.05) is 17.6 Å². The van der Waals surface area contributed by atoms with Crippen LogP contribution in [0.4, 0.5) is 10.5 Å². The van der Waals surface area contributed by atoms with Crippen LogP contribution in [0, 0.1) is 11.3 Å². The number of fused-ring (bicyclic) bond motifs is 1. The number of esters is 1. The number of anilines is 1.